The molecule has 0 fully saturated rings. The van der Waals surface area contributed by atoms with Crippen LogP contribution in [0.4, 0.5) is 10.1 Å². The molecular formula is C12H13FN2O2S. The highest BCUT2D eigenvalue weighted by atomic mass is 32.2. The predicted octanol–water partition coefficient (Wildman–Crippen LogP) is 1.52. The number of aliphatic hydroxyl groups excluding tert-OH is 1. The lowest BCUT2D eigenvalue weighted by Crippen LogP contribution is -2.34. The molecule has 2 atom stereocenters. The van der Waals surface area contributed by atoms with Gasteiger partial charge in [-0.15, -0.1) is 11.8 Å². The van der Waals surface area contributed by atoms with Crippen LogP contribution in [0, 0.1) is 11.7 Å². The van der Waals surface area contributed by atoms with Crippen molar-refractivity contribution in [1.29, 1.82) is 0 Å². The molecule has 0 saturated heterocycles. The second kappa shape index (κ2) is 5.49. The van der Waals surface area contributed by atoms with Crippen molar-refractivity contribution >= 4 is 28.4 Å². The van der Waals surface area contributed by atoms with E-state index in [0.717, 1.165) is 0 Å². The van der Waals surface area contributed by atoms with Crippen molar-refractivity contribution in [2.45, 2.75) is 6.10 Å². The Bertz CT molecular complexity index is 493. The van der Waals surface area contributed by atoms with Crippen molar-refractivity contribution in [3.63, 3.8) is 0 Å². The van der Waals surface area contributed by atoms with Crippen molar-refractivity contribution in [2.24, 2.45) is 10.9 Å². The van der Waals surface area contributed by atoms with Crippen LogP contribution in [-0.2, 0) is 4.79 Å². The molecule has 4 nitrogen and oxygen atoms in total. The molecule has 0 spiro atoms. The smallest absolute Gasteiger partial charge is 0.236 e. The van der Waals surface area contributed by atoms with Crippen LogP contribution in [0.5, 0.6) is 0 Å². The Kier molecular flexibility index (Phi) is 3.98. The van der Waals surface area contributed by atoms with E-state index in [1.165, 1.54) is 30.0 Å². The summed E-state index contributed by atoms with van der Waals surface area (Å²) >= 11 is 1.34. The first-order valence-corrected chi connectivity index (χ1v) is 6.67. The van der Waals surface area contributed by atoms with Gasteiger partial charge in [-0.3, -0.25) is 9.79 Å². The normalized spacial score (nSPS) is 22.7. The predicted molar refractivity (Wildman–Crippen MR) is 70.3 cm³/mol. The van der Waals surface area contributed by atoms with Gasteiger partial charge in [-0.1, -0.05) is 6.07 Å². The number of aliphatic hydroxyl groups is 1. The number of carbonyl (C=O) groups is 1. The molecule has 1 heterocycles. The van der Waals surface area contributed by atoms with E-state index in [4.69, 9.17) is 0 Å². The Balaban J connectivity index is 2.10. The molecule has 2 unspecified atom stereocenters. The molecular weight excluding hydrogens is 255 g/mol. The number of thioether (sulfide) groups is 1. The first kappa shape index (κ1) is 13.0. The minimum atomic E-state index is -0.805. The molecule has 1 aliphatic rings. The van der Waals surface area contributed by atoms with Crippen molar-refractivity contribution < 1.29 is 14.3 Å². The van der Waals surface area contributed by atoms with E-state index in [1.807, 2.05) is 0 Å². The average molecular weight is 268 g/mol. The zero-order valence-electron chi connectivity index (χ0n) is 9.76. The minimum Gasteiger partial charge on any atom is -0.390 e. The second-order valence-electron chi connectivity index (χ2n) is 3.93. The largest absolute Gasteiger partial charge is 0.390 e. The summed E-state index contributed by atoms with van der Waals surface area (Å²) in [5, 5.41) is 12.9. The molecule has 96 valence electrons. The summed E-state index contributed by atoms with van der Waals surface area (Å²) in [6.45, 7) is 0.234. The quantitative estimate of drug-likeness (QED) is 0.855. The number of rotatable bonds is 2. The van der Waals surface area contributed by atoms with E-state index >= 15 is 0 Å². The number of nitrogens with zero attached hydrogens (tertiary/aromatic N) is 1. The number of hydrogen-bond acceptors (Lipinski definition) is 4. The fourth-order valence-corrected chi connectivity index (χ4v) is 2.54. The Labute approximate surface area is 108 Å². The lowest BCUT2D eigenvalue weighted by atomic mass is 10.1. The SMILES string of the molecule is CSC1=NCC(O)C1C(=O)Nc1cccc(F)c1. The number of carbonyl (C=O) groups excluding carboxylic acids is 1. The fraction of sp³-hybridized carbons (Fsp3) is 0.333. The summed E-state index contributed by atoms with van der Waals surface area (Å²) in [6, 6.07) is 5.64. The van der Waals surface area contributed by atoms with Gasteiger partial charge in [0.05, 0.1) is 17.7 Å². The Morgan fingerprint density at radius 1 is 1.61 bits per heavy atom. The minimum absolute atomic E-state index is 0.234. The van der Waals surface area contributed by atoms with E-state index in [9.17, 15) is 14.3 Å². The monoisotopic (exact) mass is 268 g/mol. The molecule has 6 heteroatoms. The maximum absolute atomic E-state index is 13.0. The van der Waals surface area contributed by atoms with Gasteiger partial charge in [0.25, 0.3) is 0 Å². The maximum Gasteiger partial charge on any atom is 0.236 e. The van der Waals surface area contributed by atoms with Crippen molar-refractivity contribution in [2.75, 3.05) is 18.1 Å². The molecule has 1 aliphatic heterocycles. The molecule has 0 bridgehead atoms. The summed E-state index contributed by atoms with van der Waals surface area (Å²) in [7, 11) is 0. The van der Waals surface area contributed by atoms with Gasteiger partial charge >= 0.3 is 0 Å². The molecule has 2 rings (SSSR count). The number of hydrogen-bond donors (Lipinski definition) is 2. The van der Waals surface area contributed by atoms with E-state index in [0.29, 0.717) is 10.7 Å². The molecule has 0 aliphatic carbocycles. The van der Waals surface area contributed by atoms with Gasteiger partial charge in [0.15, 0.2) is 0 Å². The van der Waals surface area contributed by atoms with Gasteiger partial charge in [0.1, 0.15) is 11.7 Å². The summed E-state index contributed by atoms with van der Waals surface area (Å²) in [4.78, 5) is 16.1. The van der Waals surface area contributed by atoms with E-state index < -0.39 is 17.8 Å². The summed E-state index contributed by atoms with van der Waals surface area (Å²) in [5.41, 5.74) is 0.375. The second-order valence-corrected chi connectivity index (χ2v) is 4.75. The highest BCUT2D eigenvalue weighted by molar-refractivity contribution is 8.13. The molecule has 2 N–H and O–H groups in total. The van der Waals surface area contributed by atoms with Gasteiger partial charge in [-0.05, 0) is 24.5 Å². The van der Waals surface area contributed by atoms with Crippen LogP contribution in [0.15, 0.2) is 29.3 Å². The van der Waals surface area contributed by atoms with Gasteiger partial charge < -0.3 is 10.4 Å². The topological polar surface area (TPSA) is 61.7 Å². The highest BCUT2D eigenvalue weighted by Gasteiger charge is 2.35. The molecule has 0 radical (unpaired) electrons. The third-order valence-corrected chi connectivity index (χ3v) is 3.47. The Hall–Kier alpha value is -1.40. The molecule has 1 aromatic rings. The number of aliphatic imine (C=N–C) groups is 1. The molecule has 1 amide bonds. The van der Waals surface area contributed by atoms with E-state index in [2.05, 4.69) is 10.3 Å². The number of halogens is 1. The van der Waals surface area contributed by atoms with E-state index in [-0.39, 0.29) is 12.5 Å². The van der Waals surface area contributed by atoms with Gasteiger partial charge in [0, 0.05) is 5.69 Å². The summed E-state index contributed by atoms with van der Waals surface area (Å²) < 4.78 is 13.0. The van der Waals surface area contributed by atoms with Crippen molar-refractivity contribution in [3.05, 3.63) is 30.1 Å². The zero-order chi connectivity index (χ0) is 13.1. The van der Waals surface area contributed by atoms with Crippen LogP contribution >= 0.6 is 11.8 Å². The van der Waals surface area contributed by atoms with Gasteiger partial charge in [-0.2, -0.15) is 0 Å². The fourth-order valence-electron chi connectivity index (χ4n) is 1.82. The lowest BCUT2D eigenvalue weighted by molar-refractivity contribution is -0.120. The van der Waals surface area contributed by atoms with Crippen molar-refractivity contribution in [1.82, 2.24) is 0 Å². The molecule has 0 aromatic heterocycles. The van der Waals surface area contributed by atoms with Crippen LogP contribution in [0.25, 0.3) is 0 Å². The molecule has 1 aromatic carbocycles. The van der Waals surface area contributed by atoms with Crippen LogP contribution < -0.4 is 5.32 Å². The standard InChI is InChI=1S/C12H13FN2O2S/c1-18-12-10(9(16)6-14-12)11(17)15-8-4-2-3-7(13)5-8/h2-5,9-10,16H,6H2,1H3,(H,15,17). The lowest BCUT2D eigenvalue weighted by Gasteiger charge is -2.15. The van der Waals surface area contributed by atoms with Crippen LogP contribution in [0.3, 0.4) is 0 Å². The number of anilines is 1. The van der Waals surface area contributed by atoms with Crippen LogP contribution in [-0.4, -0.2) is 35.0 Å². The highest BCUT2D eigenvalue weighted by Crippen LogP contribution is 2.23. The Morgan fingerprint density at radius 3 is 3.06 bits per heavy atom. The number of benzene rings is 1. The summed E-state index contributed by atoms with van der Waals surface area (Å²) in [6.07, 6.45) is 1.00. The van der Waals surface area contributed by atoms with E-state index in [1.54, 1.807) is 12.3 Å². The molecule has 18 heavy (non-hydrogen) atoms. The third-order valence-electron chi connectivity index (χ3n) is 2.67. The van der Waals surface area contributed by atoms with Gasteiger partial charge in [-0.25, -0.2) is 4.39 Å². The number of nitrogens with one attached hydrogen (secondary N) is 1. The number of amides is 1. The van der Waals surface area contributed by atoms with Crippen LogP contribution in [0.1, 0.15) is 0 Å². The maximum atomic E-state index is 13.0. The first-order valence-electron chi connectivity index (χ1n) is 5.44. The Morgan fingerprint density at radius 2 is 2.39 bits per heavy atom. The van der Waals surface area contributed by atoms with Gasteiger partial charge in [0.2, 0.25) is 5.91 Å². The molecule has 0 saturated carbocycles. The average Bonchev–Trinajstić information content (AvgIpc) is 2.70. The third kappa shape index (κ3) is 2.70. The van der Waals surface area contributed by atoms with Crippen LogP contribution in [0.2, 0.25) is 0 Å². The zero-order valence-corrected chi connectivity index (χ0v) is 10.6. The first-order chi connectivity index (χ1) is 8.61. The summed E-state index contributed by atoms with van der Waals surface area (Å²) in [5.74, 6) is -1.44. The van der Waals surface area contributed by atoms with Crippen molar-refractivity contribution in [3.8, 4) is 0 Å².